The zero-order valence-electron chi connectivity index (χ0n) is 22.7. The molecular weight excluding hydrogens is 603 g/mol. The van der Waals surface area contributed by atoms with Gasteiger partial charge in [0.15, 0.2) is 0 Å². The number of nitrogens with one attached hydrogen (secondary N) is 2. The van der Waals surface area contributed by atoms with Crippen LogP contribution < -0.4 is 20.1 Å². The van der Waals surface area contributed by atoms with Gasteiger partial charge < -0.3 is 24.7 Å². The normalized spacial score (nSPS) is 12.1. The molecule has 0 unspecified atom stereocenters. The Balaban J connectivity index is 1.38. The summed E-state index contributed by atoms with van der Waals surface area (Å²) in [7, 11) is 1.98. The lowest BCUT2D eigenvalue weighted by molar-refractivity contribution is 0.278. The van der Waals surface area contributed by atoms with Crippen molar-refractivity contribution >= 4 is 56.0 Å². The topological polar surface area (TPSA) is 86.1 Å². The molecule has 0 spiro atoms. The summed E-state index contributed by atoms with van der Waals surface area (Å²) in [4.78, 5) is 13.5. The van der Waals surface area contributed by atoms with Gasteiger partial charge in [0.2, 0.25) is 0 Å². The molecule has 1 atom stereocenters. The summed E-state index contributed by atoms with van der Waals surface area (Å²) in [6.07, 6.45) is 4.48. The van der Waals surface area contributed by atoms with Crippen LogP contribution in [0, 0.1) is 13.8 Å². The van der Waals surface area contributed by atoms with Crippen LogP contribution in [0.2, 0.25) is 0 Å². The van der Waals surface area contributed by atoms with Gasteiger partial charge in [-0.3, -0.25) is 0 Å². The Labute approximate surface area is 242 Å². The van der Waals surface area contributed by atoms with Crippen LogP contribution in [0.3, 0.4) is 0 Å². The van der Waals surface area contributed by atoms with Crippen molar-refractivity contribution in [2.45, 2.75) is 33.2 Å². The average molecular weight is 637 g/mol. The van der Waals surface area contributed by atoms with Crippen molar-refractivity contribution in [2.24, 2.45) is 7.05 Å². The van der Waals surface area contributed by atoms with E-state index >= 15 is 0 Å². The number of aromatic nitrogens is 4. The molecule has 5 rings (SSSR count). The van der Waals surface area contributed by atoms with Crippen molar-refractivity contribution < 1.29 is 9.47 Å². The van der Waals surface area contributed by atoms with E-state index in [2.05, 4.69) is 68.1 Å². The Morgan fingerprint density at radius 1 is 0.974 bits per heavy atom. The van der Waals surface area contributed by atoms with Gasteiger partial charge >= 0.3 is 0 Å². The lowest BCUT2D eigenvalue weighted by atomic mass is 10.1. The minimum absolute atomic E-state index is 0.273. The quantitative estimate of drug-likeness (QED) is 0.121. The Morgan fingerprint density at radius 3 is 2.64 bits per heavy atom. The highest BCUT2D eigenvalue weighted by atomic mass is 127. The second-order valence-corrected chi connectivity index (χ2v) is 10.5. The Bertz CT molecular complexity index is 1600. The van der Waals surface area contributed by atoms with Crippen molar-refractivity contribution in [1.29, 1.82) is 0 Å². The van der Waals surface area contributed by atoms with Crippen LogP contribution in [0.4, 0.5) is 11.5 Å². The van der Waals surface area contributed by atoms with E-state index < -0.39 is 0 Å². The highest BCUT2D eigenvalue weighted by Crippen LogP contribution is 2.36. The minimum Gasteiger partial charge on any atom is -0.491 e. The third kappa shape index (κ3) is 6.09. The van der Waals surface area contributed by atoms with E-state index in [1.54, 1.807) is 12.7 Å². The average Bonchev–Trinajstić information content (AvgIpc) is 3.31. The Kier molecular flexibility index (Phi) is 8.47. The third-order valence-corrected chi connectivity index (χ3v) is 7.68. The molecule has 0 aliphatic heterocycles. The summed E-state index contributed by atoms with van der Waals surface area (Å²) in [5.74, 6) is 3.06. The van der Waals surface area contributed by atoms with Gasteiger partial charge in [0, 0.05) is 23.2 Å². The molecule has 0 saturated carbocycles. The Morgan fingerprint density at radius 2 is 1.85 bits per heavy atom. The maximum atomic E-state index is 6.41. The van der Waals surface area contributed by atoms with Crippen molar-refractivity contribution in [2.75, 3.05) is 22.9 Å². The monoisotopic (exact) mass is 636 g/mol. The van der Waals surface area contributed by atoms with Crippen molar-refractivity contribution in [3.8, 4) is 17.2 Å². The molecule has 0 aliphatic rings. The molecule has 0 radical (unpaired) electrons. The summed E-state index contributed by atoms with van der Waals surface area (Å²) in [6, 6.07) is 16.3. The fourth-order valence-corrected chi connectivity index (χ4v) is 5.05. The SMILES string of the molecule is CCCN[C@@H](CI)COc1c(C)ccc2ncnc(Nc3ccc(Oc4ccc5c(c4)ncn5C)c(C)c3)c12. The molecule has 0 amide bonds. The maximum Gasteiger partial charge on any atom is 0.145 e. The molecular formula is C30H33IN6O2. The molecule has 0 aliphatic carbocycles. The standard InChI is InChI=1S/C30H33IN6O2/c1-5-12-32-22(15-31)16-38-29-19(2)6-9-24-28(29)30(34-17-33-24)36-21-7-11-27(20(3)13-21)39-23-8-10-26-25(14-23)35-18-37(26)4/h6-11,13-14,17-18,22,32H,5,12,15-16H2,1-4H3,(H,33,34,36)/t22-/m0/s1. The molecule has 8 nitrogen and oxygen atoms in total. The number of fused-ring (bicyclic) bond motifs is 2. The van der Waals surface area contributed by atoms with Crippen molar-refractivity contribution in [3.63, 3.8) is 0 Å². The number of rotatable bonds is 11. The van der Waals surface area contributed by atoms with Crippen LogP contribution in [0.5, 0.6) is 17.2 Å². The summed E-state index contributed by atoms with van der Waals surface area (Å²) in [5.41, 5.74) is 5.76. The summed E-state index contributed by atoms with van der Waals surface area (Å²) >= 11 is 2.40. The predicted molar refractivity (Wildman–Crippen MR) is 166 cm³/mol. The summed E-state index contributed by atoms with van der Waals surface area (Å²) in [5, 5.41) is 7.92. The third-order valence-electron chi connectivity index (χ3n) is 6.61. The van der Waals surface area contributed by atoms with E-state index in [1.807, 2.05) is 61.0 Å². The molecule has 0 bridgehead atoms. The number of imidazole rings is 1. The molecule has 9 heteroatoms. The highest BCUT2D eigenvalue weighted by Gasteiger charge is 2.16. The van der Waals surface area contributed by atoms with Gasteiger partial charge in [0.1, 0.15) is 36.0 Å². The number of ether oxygens (including phenoxy) is 2. The molecule has 2 heterocycles. The first-order valence-corrected chi connectivity index (χ1v) is 14.6. The van der Waals surface area contributed by atoms with Crippen LogP contribution in [0.15, 0.2) is 61.2 Å². The fraction of sp³-hybridized carbons (Fsp3) is 0.300. The van der Waals surface area contributed by atoms with E-state index in [-0.39, 0.29) is 6.04 Å². The molecule has 0 fully saturated rings. The van der Waals surface area contributed by atoms with Crippen LogP contribution in [-0.2, 0) is 7.05 Å². The lowest BCUT2D eigenvalue weighted by Gasteiger charge is -2.20. The molecule has 2 aromatic heterocycles. The van der Waals surface area contributed by atoms with E-state index in [4.69, 9.17) is 9.47 Å². The number of benzene rings is 3. The maximum absolute atomic E-state index is 6.41. The predicted octanol–water partition coefficient (Wildman–Crippen LogP) is 6.85. The van der Waals surface area contributed by atoms with Gasteiger partial charge in [-0.05, 0) is 74.3 Å². The lowest BCUT2D eigenvalue weighted by Crippen LogP contribution is -2.36. The van der Waals surface area contributed by atoms with E-state index in [0.717, 1.165) is 73.4 Å². The van der Waals surface area contributed by atoms with Gasteiger partial charge in [-0.1, -0.05) is 35.6 Å². The van der Waals surface area contributed by atoms with Gasteiger partial charge in [0.05, 0.1) is 34.3 Å². The molecule has 5 aromatic rings. The second kappa shape index (κ2) is 12.2. The van der Waals surface area contributed by atoms with Gasteiger partial charge in [-0.25, -0.2) is 15.0 Å². The van der Waals surface area contributed by atoms with Crippen LogP contribution in [0.1, 0.15) is 24.5 Å². The molecule has 39 heavy (non-hydrogen) atoms. The fourth-order valence-electron chi connectivity index (χ4n) is 4.48. The zero-order chi connectivity index (χ0) is 27.4. The number of aryl methyl sites for hydroxylation is 3. The van der Waals surface area contributed by atoms with Crippen LogP contribution >= 0.6 is 22.6 Å². The van der Waals surface area contributed by atoms with E-state index in [1.165, 1.54) is 0 Å². The first-order chi connectivity index (χ1) is 19.0. The van der Waals surface area contributed by atoms with Crippen LogP contribution in [0.25, 0.3) is 21.9 Å². The van der Waals surface area contributed by atoms with E-state index in [9.17, 15) is 0 Å². The smallest absolute Gasteiger partial charge is 0.145 e. The van der Waals surface area contributed by atoms with Gasteiger partial charge in [0.25, 0.3) is 0 Å². The second-order valence-electron chi connectivity index (χ2n) is 9.66. The number of hydrogen-bond donors (Lipinski definition) is 2. The zero-order valence-corrected chi connectivity index (χ0v) is 24.8. The first-order valence-electron chi connectivity index (χ1n) is 13.1. The number of nitrogens with zero attached hydrogens (tertiary/aromatic N) is 4. The molecule has 202 valence electrons. The van der Waals surface area contributed by atoms with Crippen molar-refractivity contribution in [1.82, 2.24) is 24.8 Å². The number of anilines is 2. The summed E-state index contributed by atoms with van der Waals surface area (Å²) < 4.78 is 15.6. The minimum atomic E-state index is 0.273. The first kappa shape index (κ1) is 27.1. The number of alkyl halides is 1. The van der Waals surface area contributed by atoms with Crippen LogP contribution in [-0.4, -0.2) is 43.1 Å². The number of halogens is 1. The molecule has 2 N–H and O–H groups in total. The molecule has 0 saturated heterocycles. The highest BCUT2D eigenvalue weighted by molar-refractivity contribution is 14.1. The Hall–Kier alpha value is -3.44. The van der Waals surface area contributed by atoms with Gasteiger partial charge in [-0.2, -0.15) is 0 Å². The van der Waals surface area contributed by atoms with E-state index in [0.29, 0.717) is 12.4 Å². The molecule has 3 aromatic carbocycles. The number of hydrogen-bond acceptors (Lipinski definition) is 7. The largest absolute Gasteiger partial charge is 0.491 e. The summed E-state index contributed by atoms with van der Waals surface area (Å²) in [6.45, 7) is 7.81. The van der Waals surface area contributed by atoms with Gasteiger partial charge in [-0.15, -0.1) is 0 Å². The van der Waals surface area contributed by atoms with Crippen molar-refractivity contribution in [3.05, 3.63) is 72.3 Å².